The molecule has 0 aliphatic carbocycles. The van der Waals surface area contributed by atoms with Crippen LogP contribution in [0.4, 0.5) is 4.39 Å². The average Bonchev–Trinajstić information content (AvgIpc) is 3.08. The van der Waals surface area contributed by atoms with Crippen LogP contribution >= 0.6 is 11.8 Å². The Labute approximate surface area is 141 Å². The number of aromatic nitrogens is 4. The summed E-state index contributed by atoms with van der Waals surface area (Å²) in [7, 11) is 1.52. The van der Waals surface area contributed by atoms with Crippen molar-refractivity contribution in [2.75, 3.05) is 12.9 Å². The molecule has 0 atom stereocenters. The summed E-state index contributed by atoms with van der Waals surface area (Å²) >= 11 is 1.18. The van der Waals surface area contributed by atoms with Crippen molar-refractivity contribution in [3.63, 3.8) is 0 Å². The van der Waals surface area contributed by atoms with Gasteiger partial charge in [-0.3, -0.25) is 4.79 Å². The molecule has 0 spiro atoms. The lowest BCUT2D eigenvalue weighted by atomic mass is 10.1. The van der Waals surface area contributed by atoms with E-state index in [-0.39, 0.29) is 17.4 Å². The predicted molar refractivity (Wildman–Crippen MR) is 87.2 cm³/mol. The monoisotopic (exact) mass is 344 g/mol. The number of Topliss-reactive ketones (excluding diaryl/α,β-unsaturated/α-hetero) is 1. The summed E-state index contributed by atoms with van der Waals surface area (Å²) in [6.07, 6.45) is 0. The Morgan fingerprint density at radius 1 is 1.25 bits per heavy atom. The first-order valence-electron chi connectivity index (χ1n) is 7.02. The van der Waals surface area contributed by atoms with E-state index >= 15 is 0 Å². The number of rotatable bonds is 6. The van der Waals surface area contributed by atoms with Crippen molar-refractivity contribution in [2.24, 2.45) is 0 Å². The maximum atomic E-state index is 13.4. The molecule has 0 saturated heterocycles. The van der Waals surface area contributed by atoms with Crippen molar-refractivity contribution < 1.29 is 13.9 Å². The first-order chi connectivity index (χ1) is 11.7. The average molecular weight is 344 g/mol. The Balaban J connectivity index is 1.76. The van der Waals surface area contributed by atoms with E-state index in [1.165, 1.54) is 35.7 Å². The number of hydrogen-bond donors (Lipinski definition) is 0. The number of halogens is 1. The van der Waals surface area contributed by atoms with Crippen LogP contribution in [0, 0.1) is 5.82 Å². The second-order valence-corrected chi connectivity index (χ2v) is 5.71. The van der Waals surface area contributed by atoms with Gasteiger partial charge in [0.2, 0.25) is 5.16 Å². The molecule has 24 heavy (non-hydrogen) atoms. The highest BCUT2D eigenvalue weighted by molar-refractivity contribution is 7.99. The number of benzene rings is 2. The molecule has 3 aromatic rings. The summed E-state index contributed by atoms with van der Waals surface area (Å²) in [6.45, 7) is 0. The number of tetrazole rings is 1. The highest BCUT2D eigenvalue weighted by atomic mass is 32.2. The van der Waals surface area contributed by atoms with E-state index in [1.807, 2.05) is 0 Å². The fourth-order valence-electron chi connectivity index (χ4n) is 2.12. The minimum absolute atomic E-state index is 0.105. The number of ether oxygens (including phenoxy) is 1. The van der Waals surface area contributed by atoms with Crippen molar-refractivity contribution in [3.05, 3.63) is 59.9 Å². The summed E-state index contributed by atoms with van der Waals surface area (Å²) in [4.78, 5) is 12.4. The van der Waals surface area contributed by atoms with Crippen LogP contribution in [0.25, 0.3) is 5.69 Å². The third-order valence-electron chi connectivity index (χ3n) is 3.23. The van der Waals surface area contributed by atoms with Gasteiger partial charge in [-0.25, -0.2) is 4.39 Å². The fraction of sp³-hybridized carbons (Fsp3) is 0.125. The SMILES string of the molecule is COc1ccccc1C(=O)CSc1nnnn1-c1cccc(F)c1. The summed E-state index contributed by atoms with van der Waals surface area (Å²) < 4.78 is 19.9. The van der Waals surface area contributed by atoms with Gasteiger partial charge in [0.15, 0.2) is 5.78 Å². The van der Waals surface area contributed by atoms with Crippen molar-refractivity contribution >= 4 is 17.5 Å². The van der Waals surface area contributed by atoms with Gasteiger partial charge >= 0.3 is 0 Å². The van der Waals surface area contributed by atoms with Crippen LogP contribution < -0.4 is 4.74 Å². The Morgan fingerprint density at radius 3 is 2.88 bits per heavy atom. The third-order valence-corrected chi connectivity index (χ3v) is 4.15. The van der Waals surface area contributed by atoms with E-state index in [2.05, 4.69) is 15.5 Å². The molecule has 0 saturated carbocycles. The zero-order valence-electron chi connectivity index (χ0n) is 12.7. The van der Waals surface area contributed by atoms with E-state index in [0.717, 1.165) is 0 Å². The molecule has 8 heteroatoms. The summed E-state index contributed by atoms with van der Waals surface area (Å²) in [5.41, 5.74) is 0.990. The van der Waals surface area contributed by atoms with Gasteiger partial charge in [-0.15, -0.1) is 5.10 Å². The number of methoxy groups -OCH3 is 1. The van der Waals surface area contributed by atoms with Crippen LogP contribution in [0.3, 0.4) is 0 Å². The molecule has 0 N–H and O–H groups in total. The van der Waals surface area contributed by atoms with Gasteiger partial charge in [-0.05, 0) is 40.8 Å². The zero-order chi connectivity index (χ0) is 16.9. The third kappa shape index (κ3) is 3.43. The highest BCUT2D eigenvalue weighted by Crippen LogP contribution is 2.23. The fourth-order valence-corrected chi connectivity index (χ4v) is 2.90. The Bertz CT molecular complexity index is 869. The molecular formula is C16H13FN4O2S. The Kier molecular flexibility index (Phi) is 4.85. The minimum atomic E-state index is -0.385. The number of nitrogens with zero attached hydrogens (tertiary/aromatic N) is 4. The standard InChI is InChI=1S/C16H13FN4O2S/c1-23-15-8-3-2-7-13(15)14(22)10-24-16-18-19-20-21(16)12-6-4-5-11(17)9-12/h2-9H,10H2,1H3. The molecular weight excluding hydrogens is 331 g/mol. The molecule has 0 unspecified atom stereocenters. The van der Waals surface area contributed by atoms with Gasteiger partial charge in [-0.1, -0.05) is 30.0 Å². The van der Waals surface area contributed by atoms with E-state index < -0.39 is 0 Å². The van der Waals surface area contributed by atoms with Crippen molar-refractivity contribution in [1.29, 1.82) is 0 Å². The lowest BCUT2D eigenvalue weighted by Crippen LogP contribution is -2.06. The molecule has 0 bridgehead atoms. The minimum Gasteiger partial charge on any atom is -0.496 e. The van der Waals surface area contributed by atoms with Gasteiger partial charge in [-0.2, -0.15) is 4.68 Å². The molecule has 0 aliphatic rings. The largest absolute Gasteiger partial charge is 0.496 e. The van der Waals surface area contributed by atoms with E-state index in [1.54, 1.807) is 36.4 Å². The molecule has 2 aromatic carbocycles. The lowest BCUT2D eigenvalue weighted by molar-refractivity contribution is 0.101. The van der Waals surface area contributed by atoms with Gasteiger partial charge < -0.3 is 4.74 Å². The molecule has 0 aliphatic heterocycles. The number of hydrogen-bond acceptors (Lipinski definition) is 6. The maximum Gasteiger partial charge on any atom is 0.214 e. The maximum absolute atomic E-state index is 13.4. The molecule has 0 amide bonds. The quantitative estimate of drug-likeness (QED) is 0.506. The number of thioether (sulfide) groups is 1. The molecule has 0 fully saturated rings. The van der Waals surface area contributed by atoms with Gasteiger partial charge in [0.25, 0.3) is 0 Å². The van der Waals surface area contributed by atoms with Crippen LogP contribution in [0.2, 0.25) is 0 Å². The first-order valence-corrected chi connectivity index (χ1v) is 8.01. The second kappa shape index (κ2) is 7.22. The lowest BCUT2D eigenvalue weighted by Gasteiger charge is -2.07. The van der Waals surface area contributed by atoms with Crippen molar-refractivity contribution in [1.82, 2.24) is 20.2 Å². The molecule has 1 heterocycles. The highest BCUT2D eigenvalue weighted by Gasteiger charge is 2.15. The number of carbonyl (C=O) groups excluding carboxylic acids is 1. The predicted octanol–water partition coefficient (Wildman–Crippen LogP) is 2.79. The topological polar surface area (TPSA) is 69.9 Å². The second-order valence-electron chi connectivity index (χ2n) is 4.77. The summed E-state index contributed by atoms with van der Waals surface area (Å²) in [6, 6.07) is 12.9. The number of para-hydroxylation sites is 1. The molecule has 1 aromatic heterocycles. The first kappa shape index (κ1) is 16.1. The van der Waals surface area contributed by atoms with Crippen LogP contribution in [-0.2, 0) is 0 Å². The molecule has 0 radical (unpaired) electrons. The van der Waals surface area contributed by atoms with E-state index in [4.69, 9.17) is 4.74 Å². The Morgan fingerprint density at radius 2 is 2.08 bits per heavy atom. The Hall–Kier alpha value is -2.74. The van der Waals surface area contributed by atoms with Crippen LogP contribution in [0.1, 0.15) is 10.4 Å². The van der Waals surface area contributed by atoms with Gasteiger partial charge in [0.05, 0.1) is 24.1 Å². The zero-order valence-corrected chi connectivity index (χ0v) is 13.5. The van der Waals surface area contributed by atoms with Gasteiger partial charge in [0.1, 0.15) is 11.6 Å². The normalized spacial score (nSPS) is 10.6. The van der Waals surface area contributed by atoms with Crippen molar-refractivity contribution in [2.45, 2.75) is 5.16 Å². The van der Waals surface area contributed by atoms with E-state index in [9.17, 15) is 9.18 Å². The summed E-state index contributed by atoms with van der Waals surface area (Å²) in [5.74, 6) is 0.166. The van der Waals surface area contributed by atoms with Crippen LogP contribution in [0.15, 0.2) is 53.7 Å². The van der Waals surface area contributed by atoms with E-state index in [0.29, 0.717) is 22.2 Å². The van der Waals surface area contributed by atoms with Crippen LogP contribution in [0.5, 0.6) is 5.75 Å². The van der Waals surface area contributed by atoms with Crippen LogP contribution in [-0.4, -0.2) is 38.9 Å². The smallest absolute Gasteiger partial charge is 0.214 e. The molecule has 6 nitrogen and oxygen atoms in total. The summed E-state index contributed by atoms with van der Waals surface area (Å²) in [5, 5.41) is 11.7. The number of carbonyl (C=O) groups is 1. The molecule has 3 rings (SSSR count). The van der Waals surface area contributed by atoms with Crippen molar-refractivity contribution in [3.8, 4) is 11.4 Å². The van der Waals surface area contributed by atoms with Gasteiger partial charge in [0, 0.05) is 0 Å². The number of ketones is 1. The molecule has 122 valence electrons.